The first-order chi connectivity index (χ1) is 9.54. The van der Waals surface area contributed by atoms with E-state index in [0.29, 0.717) is 18.7 Å². The van der Waals surface area contributed by atoms with Gasteiger partial charge in [0, 0.05) is 19.0 Å². The highest BCUT2D eigenvalue weighted by atomic mass is 16.5. The summed E-state index contributed by atoms with van der Waals surface area (Å²) in [7, 11) is 0. The van der Waals surface area contributed by atoms with Crippen molar-refractivity contribution in [2.24, 2.45) is 10.9 Å². The first-order valence-corrected chi connectivity index (χ1v) is 6.48. The average molecular weight is 279 g/mol. The lowest BCUT2D eigenvalue weighted by molar-refractivity contribution is -0.134. The van der Waals surface area contributed by atoms with Crippen molar-refractivity contribution in [2.75, 3.05) is 13.2 Å². The van der Waals surface area contributed by atoms with Crippen LogP contribution in [-0.2, 0) is 4.79 Å². The molecule has 0 aliphatic heterocycles. The van der Waals surface area contributed by atoms with Crippen LogP contribution in [-0.4, -0.2) is 41.0 Å². The molecule has 0 aliphatic rings. The van der Waals surface area contributed by atoms with Gasteiger partial charge in [-0.3, -0.25) is 4.79 Å². The predicted molar refractivity (Wildman–Crippen MR) is 76.8 cm³/mol. The normalized spacial score (nSPS) is 11.4. The second-order valence-electron chi connectivity index (χ2n) is 4.62. The van der Waals surface area contributed by atoms with Crippen LogP contribution in [0.1, 0.15) is 20.3 Å². The maximum atomic E-state index is 12.1. The largest absolute Gasteiger partial charge is 0.484 e. The molecule has 0 spiro atoms. The van der Waals surface area contributed by atoms with E-state index in [1.54, 1.807) is 17.0 Å². The number of para-hydroxylation sites is 1. The number of amides is 1. The standard InChI is InChI=1S/C14H21N3O3/c1-11(2)17(9-8-13(15)16-19)14(18)10-20-12-6-4-3-5-7-12/h3-7,11,19H,8-10H2,1-2H3,(H2,15,16). The molecule has 110 valence electrons. The molecule has 1 aromatic rings. The minimum Gasteiger partial charge on any atom is -0.484 e. The highest BCUT2D eigenvalue weighted by Gasteiger charge is 2.17. The number of carbonyl (C=O) groups is 1. The number of rotatable bonds is 7. The van der Waals surface area contributed by atoms with Crippen LogP contribution >= 0.6 is 0 Å². The molecule has 0 bridgehead atoms. The molecule has 1 rings (SSSR count). The van der Waals surface area contributed by atoms with Gasteiger partial charge in [-0.1, -0.05) is 23.4 Å². The van der Waals surface area contributed by atoms with Crippen molar-refractivity contribution in [3.05, 3.63) is 30.3 Å². The van der Waals surface area contributed by atoms with Gasteiger partial charge in [-0.2, -0.15) is 0 Å². The van der Waals surface area contributed by atoms with Gasteiger partial charge in [0.05, 0.1) is 0 Å². The molecular weight excluding hydrogens is 258 g/mol. The fourth-order valence-corrected chi connectivity index (χ4v) is 1.70. The number of hydrogen-bond donors (Lipinski definition) is 2. The lowest BCUT2D eigenvalue weighted by atomic mass is 10.2. The summed E-state index contributed by atoms with van der Waals surface area (Å²) in [5.41, 5.74) is 5.42. The van der Waals surface area contributed by atoms with Gasteiger partial charge in [0.15, 0.2) is 6.61 Å². The van der Waals surface area contributed by atoms with E-state index in [0.717, 1.165) is 0 Å². The van der Waals surface area contributed by atoms with Crippen molar-refractivity contribution in [3.8, 4) is 5.75 Å². The second kappa shape index (κ2) is 8.04. The smallest absolute Gasteiger partial charge is 0.260 e. The zero-order valence-electron chi connectivity index (χ0n) is 11.8. The van der Waals surface area contributed by atoms with E-state index < -0.39 is 0 Å². The van der Waals surface area contributed by atoms with E-state index in [1.165, 1.54) is 0 Å². The summed E-state index contributed by atoms with van der Waals surface area (Å²) < 4.78 is 5.43. The summed E-state index contributed by atoms with van der Waals surface area (Å²) in [6.45, 7) is 4.18. The van der Waals surface area contributed by atoms with Gasteiger partial charge in [0.1, 0.15) is 11.6 Å². The van der Waals surface area contributed by atoms with Gasteiger partial charge in [-0.25, -0.2) is 0 Å². The highest BCUT2D eigenvalue weighted by molar-refractivity contribution is 5.81. The molecule has 0 aliphatic carbocycles. The van der Waals surface area contributed by atoms with E-state index in [4.69, 9.17) is 15.7 Å². The minimum absolute atomic E-state index is 0.0216. The topological polar surface area (TPSA) is 88.1 Å². The fourth-order valence-electron chi connectivity index (χ4n) is 1.70. The number of ether oxygens (including phenoxy) is 1. The van der Waals surface area contributed by atoms with Gasteiger partial charge in [0.25, 0.3) is 5.91 Å². The van der Waals surface area contributed by atoms with Gasteiger partial charge in [-0.05, 0) is 26.0 Å². The van der Waals surface area contributed by atoms with Crippen LogP contribution < -0.4 is 10.5 Å². The van der Waals surface area contributed by atoms with Crippen LogP contribution in [0.3, 0.4) is 0 Å². The molecule has 0 saturated carbocycles. The summed E-state index contributed by atoms with van der Waals surface area (Å²) in [5, 5.41) is 11.4. The molecule has 0 heterocycles. The highest BCUT2D eigenvalue weighted by Crippen LogP contribution is 2.09. The zero-order valence-corrected chi connectivity index (χ0v) is 11.8. The molecule has 0 radical (unpaired) electrons. The number of amidine groups is 1. The van der Waals surface area contributed by atoms with E-state index in [2.05, 4.69) is 5.16 Å². The number of carbonyl (C=O) groups excluding carboxylic acids is 1. The van der Waals surface area contributed by atoms with E-state index in [-0.39, 0.29) is 24.4 Å². The maximum absolute atomic E-state index is 12.1. The van der Waals surface area contributed by atoms with Crippen LogP contribution in [0.5, 0.6) is 5.75 Å². The summed E-state index contributed by atoms with van der Waals surface area (Å²) in [6.07, 6.45) is 0.325. The van der Waals surface area contributed by atoms with Crippen molar-refractivity contribution in [3.63, 3.8) is 0 Å². The summed E-state index contributed by atoms with van der Waals surface area (Å²) in [6, 6.07) is 9.18. The Morgan fingerprint density at radius 2 is 2.05 bits per heavy atom. The fraction of sp³-hybridized carbons (Fsp3) is 0.429. The van der Waals surface area contributed by atoms with E-state index >= 15 is 0 Å². The first-order valence-electron chi connectivity index (χ1n) is 6.48. The van der Waals surface area contributed by atoms with E-state index in [1.807, 2.05) is 32.0 Å². The summed E-state index contributed by atoms with van der Waals surface area (Å²) >= 11 is 0. The molecule has 0 fully saturated rings. The number of nitrogens with two attached hydrogens (primary N) is 1. The maximum Gasteiger partial charge on any atom is 0.260 e. The van der Waals surface area contributed by atoms with Crippen molar-refractivity contribution in [1.82, 2.24) is 4.90 Å². The Labute approximate surface area is 118 Å². The van der Waals surface area contributed by atoms with Crippen molar-refractivity contribution >= 4 is 11.7 Å². The molecule has 6 nitrogen and oxygen atoms in total. The Hall–Kier alpha value is -2.24. The second-order valence-corrected chi connectivity index (χ2v) is 4.62. The van der Waals surface area contributed by atoms with E-state index in [9.17, 15) is 4.79 Å². The Morgan fingerprint density at radius 1 is 1.40 bits per heavy atom. The van der Waals surface area contributed by atoms with Crippen LogP contribution in [0.2, 0.25) is 0 Å². The molecule has 3 N–H and O–H groups in total. The number of oxime groups is 1. The lowest BCUT2D eigenvalue weighted by Crippen LogP contribution is -2.41. The molecule has 20 heavy (non-hydrogen) atoms. The number of nitrogens with zero attached hydrogens (tertiary/aromatic N) is 2. The Balaban J connectivity index is 2.52. The van der Waals surface area contributed by atoms with Crippen LogP contribution in [0.15, 0.2) is 35.5 Å². The quantitative estimate of drug-likeness (QED) is 0.342. The van der Waals surface area contributed by atoms with Gasteiger partial charge in [-0.15, -0.1) is 0 Å². The monoisotopic (exact) mass is 279 g/mol. The third-order valence-corrected chi connectivity index (χ3v) is 2.79. The third kappa shape index (κ3) is 5.17. The van der Waals surface area contributed by atoms with Crippen molar-refractivity contribution in [2.45, 2.75) is 26.3 Å². The number of benzene rings is 1. The Morgan fingerprint density at radius 3 is 2.60 bits per heavy atom. The molecular formula is C14H21N3O3. The molecule has 0 atom stereocenters. The van der Waals surface area contributed by atoms with Crippen LogP contribution in [0.25, 0.3) is 0 Å². The molecule has 0 aromatic heterocycles. The Kier molecular flexibility index (Phi) is 6.36. The van der Waals surface area contributed by atoms with Gasteiger partial charge >= 0.3 is 0 Å². The molecule has 6 heteroatoms. The minimum atomic E-state index is -0.130. The third-order valence-electron chi connectivity index (χ3n) is 2.79. The van der Waals surface area contributed by atoms with Gasteiger partial charge < -0.3 is 20.6 Å². The average Bonchev–Trinajstić information content (AvgIpc) is 2.45. The predicted octanol–water partition coefficient (Wildman–Crippen LogP) is 1.44. The first kappa shape index (κ1) is 15.8. The molecule has 0 unspecified atom stereocenters. The SMILES string of the molecule is CC(C)N(CCC(N)=NO)C(=O)COc1ccccc1. The summed E-state index contributed by atoms with van der Waals surface area (Å²) in [5.74, 6) is 0.628. The number of hydrogen-bond acceptors (Lipinski definition) is 4. The molecule has 1 amide bonds. The summed E-state index contributed by atoms with van der Waals surface area (Å²) in [4.78, 5) is 13.8. The van der Waals surface area contributed by atoms with Crippen LogP contribution in [0.4, 0.5) is 0 Å². The van der Waals surface area contributed by atoms with Crippen molar-refractivity contribution < 1.29 is 14.7 Å². The van der Waals surface area contributed by atoms with Crippen molar-refractivity contribution in [1.29, 1.82) is 0 Å². The molecule has 0 saturated heterocycles. The Bertz CT molecular complexity index is 446. The lowest BCUT2D eigenvalue weighted by Gasteiger charge is -2.26. The van der Waals surface area contributed by atoms with Crippen LogP contribution in [0, 0.1) is 0 Å². The molecule has 1 aromatic carbocycles. The van der Waals surface area contributed by atoms with Gasteiger partial charge in [0.2, 0.25) is 0 Å². The zero-order chi connectivity index (χ0) is 15.0.